The zero-order valence-electron chi connectivity index (χ0n) is 16.7. The molecular weight excluding hydrogens is 374 g/mol. The molecule has 3 aliphatic rings. The molecule has 1 aromatic rings. The lowest BCUT2D eigenvalue weighted by molar-refractivity contribution is 0.0674. The van der Waals surface area contributed by atoms with Crippen LogP contribution in [0, 0.1) is 11.3 Å². The highest BCUT2D eigenvalue weighted by Crippen LogP contribution is 2.40. The summed E-state index contributed by atoms with van der Waals surface area (Å²) >= 11 is 5.90. The largest absolute Gasteiger partial charge is 0.338 e. The first-order valence-corrected chi connectivity index (χ1v) is 11.3. The second kappa shape index (κ2) is 8.58. The Labute approximate surface area is 172 Å². The SMILES string of the molecule is O=C(c1c[nH]c(=O)c(Cl)c1)N1CCC2(CCCN(CCC3CCCCC3)C2)C1. The summed E-state index contributed by atoms with van der Waals surface area (Å²) in [5.74, 6) is 0.910. The number of likely N-dealkylation sites (tertiary alicyclic amines) is 2. The second-order valence-electron chi connectivity index (χ2n) is 9.21. The fraction of sp³-hybridized carbons (Fsp3) is 0.727. The summed E-state index contributed by atoms with van der Waals surface area (Å²) in [6.07, 6.45) is 13.4. The van der Waals surface area contributed by atoms with E-state index < -0.39 is 0 Å². The van der Waals surface area contributed by atoms with Crippen molar-refractivity contribution in [3.63, 3.8) is 0 Å². The van der Waals surface area contributed by atoms with Crippen LogP contribution in [-0.2, 0) is 0 Å². The molecule has 2 saturated heterocycles. The summed E-state index contributed by atoms with van der Waals surface area (Å²) in [6, 6.07) is 1.49. The van der Waals surface area contributed by atoms with Gasteiger partial charge in [-0.15, -0.1) is 0 Å². The first-order chi connectivity index (χ1) is 13.5. The number of amides is 1. The Kier molecular flexibility index (Phi) is 6.12. The maximum atomic E-state index is 12.9. The van der Waals surface area contributed by atoms with Crippen molar-refractivity contribution in [2.24, 2.45) is 11.3 Å². The van der Waals surface area contributed by atoms with Crippen molar-refractivity contribution in [3.05, 3.63) is 33.2 Å². The van der Waals surface area contributed by atoms with Crippen molar-refractivity contribution >= 4 is 17.5 Å². The Hall–Kier alpha value is -1.33. The summed E-state index contributed by atoms with van der Waals surface area (Å²) in [5, 5.41) is 0.0753. The third kappa shape index (κ3) is 4.46. The van der Waals surface area contributed by atoms with E-state index in [0.29, 0.717) is 5.56 Å². The number of nitrogens with one attached hydrogen (secondary N) is 1. The first kappa shape index (κ1) is 20.0. The molecule has 1 amide bonds. The number of piperidine rings is 1. The van der Waals surface area contributed by atoms with Crippen molar-refractivity contribution in [2.75, 3.05) is 32.7 Å². The van der Waals surface area contributed by atoms with Crippen molar-refractivity contribution in [1.29, 1.82) is 0 Å². The molecule has 1 atom stereocenters. The molecular formula is C22H32ClN3O2. The van der Waals surface area contributed by atoms with Gasteiger partial charge < -0.3 is 14.8 Å². The first-order valence-electron chi connectivity index (χ1n) is 10.9. The van der Waals surface area contributed by atoms with E-state index in [-0.39, 0.29) is 21.9 Å². The molecule has 6 heteroatoms. The number of carbonyl (C=O) groups excluding carboxylic acids is 1. The van der Waals surface area contributed by atoms with E-state index in [1.807, 2.05) is 4.90 Å². The molecule has 1 aliphatic carbocycles. The fourth-order valence-corrected chi connectivity index (χ4v) is 5.72. The number of halogens is 1. The average Bonchev–Trinajstić information content (AvgIpc) is 3.12. The summed E-state index contributed by atoms with van der Waals surface area (Å²) in [7, 11) is 0. The molecule has 0 aromatic carbocycles. The molecule has 3 fully saturated rings. The van der Waals surface area contributed by atoms with Gasteiger partial charge in [0, 0.05) is 31.2 Å². The Morgan fingerprint density at radius 1 is 1.14 bits per heavy atom. The quantitative estimate of drug-likeness (QED) is 0.825. The zero-order valence-corrected chi connectivity index (χ0v) is 17.5. The van der Waals surface area contributed by atoms with Gasteiger partial charge in [0.1, 0.15) is 5.02 Å². The van der Waals surface area contributed by atoms with E-state index in [9.17, 15) is 9.59 Å². The highest BCUT2D eigenvalue weighted by Gasteiger charge is 2.42. The van der Waals surface area contributed by atoms with Gasteiger partial charge in [-0.05, 0) is 50.8 Å². The predicted molar refractivity (Wildman–Crippen MR) is 112 cm³/mol. The highest BCUT2D eigenvalue weighted by atomic mass is 35.5. The van der Waals surface area contributed by atoms with Gasteiger partial charge in [0.05, 0.1) is 5.56 Å². The number of rotatable bonds is 4. The molecule has 3 heterocycles. The van der Waals surface area contributed by atoms with Gasteiger partial charge >= 0.3 is 0 Å². The maximum absolute atomic E-state index is 12.9. The van der Waals surface area contributed by atoms with Crippen LogP contribution in [-0.4, -0.2) is 53.4 Å². The van der Waals surface area contributed by atoms with E-state index in [1.54, 1.807) is 0 Å². The number of aromatic nitrogens is 1. The third-order valence-electron chi connectivity index (χ3n) is 7.15. The molecule has 5 nitrogen and oxygen atoms in total. The number of pyridine rings is 1. The van der Waals surface area contributed by atoms with Crippen molar-refractivity contribution < 1.29 is 4.79 Å². The van der Waals surface area contributed by atoms with E-state index in [1.165, 1.54) is 76.7 Å². The van der Waals surface area contributed by atoms with E-state index in [4.69, 9.17) is 11.6 Å². The van der Waals surface area contributed by atoms with Gasteiger partial charge in [0.15, 0.2) is 0 Å². The van der Waals surface area contributed by atoms with Gasteiger partial charge in [-0.1, -0.05) is 43.7 Å². The maximum Gasteiger partial charge on any atom is 0.266 e. The lowest BCUT2D eigenvalue weighted by Gasteiger charge is -2.41. The predicted octanol–water partition coefficient (Wildman–Crippen LogP) is 3.93. The van der Waals surface area contributed by atoms with Gasteiger partial charge in [-0.25, -0.2) is 0 Å². The fourth-order valence-electron chi connectivity index (χ4n) is 5.55. The number of hydrogen-bond acceptors (Lipinski definition) is 3. The second-order valence-corrected chi connectivity index (χ2v) is 9.62. The number of H-pyrrole nitrogens is 1. The topological polar surface area (TPSA) is 56.4 Å². The van der Waals surface area contributed by atoms with Crippen LogP contribution in [0.5, 0.6) is 0 Å². The molecule has 154 valence electrons. The van der Waals surface area contributed by atoms with Gasteiger partial charge in [0.2, 0.25) is 0 Å². The monoisotopic (exact) mass is 405 g/mol. The van der Waals surface area contributed by atoms with Crippen LogP contribution >= 0.6 is 11.6 Å². The Balaban J connectivity index is 1.34. The van der Waals surface area contributed by atoms with Crippen molar-refractivity contribution in [2.45, 2.75) is 57.8 Å². The summed E-state index contributed by atoms with van der Waals surface area (Å²) in [6.45, 7) is 5.16. The zero-order chi connectivity index (χ0) is 19.6. The lowest BCUT2D eigenvalue weighted by atomic mass is 9.79. The Morgan fingerprint density at radius 3 is 2.75 bits per heavy atom. The Morgan fingerprint density at radius 2 is 1.96 bits per heavy atom. The smallest absolute Gasteiger partial charge is 0.266 e. The van der Waals surface area contributed by atoms with Crippen LogP contribution in [0.1, 0.15) is 68.1 Å². The summed E-state index contributed by atoms with van der Waals surface area (Å²) in [4.78, 5) is 31.5. The molecule has 1 aromatic heterocycles. The molecule has 1 unspecified atom stereocenters. The molecule has 28 heavy (non-hydrogen) atoms. The average molecular weight is 406 g/mol. The van der Waals surface area contributed by atoms with E-state index in [2.05, 4.69) is 9.88 Å². The minimum Gasteiger partial charge on any atom is -0.338 e. The molecule has 1 spiro atoms. The van der Waals surface area contributed by atoms with Crippen LogP contribution in [0.4, 0.5) is 0 Å². The lowest BCUT2D eigenvalue weighted by Crippen LogP contribution is -2.46. The van der Waals surface area contributed by atoms with Crippen LogP contribution in [0.3, 0.4) is 0 Å². The molecule has 1 saturated carbocycles. The van der Waals surface area contributed by atoms with Crippen LogP contribution in [0.15, 0.2) is 17.1 Å². The van der Waals surface area contributed by atoms with Crippen LogP contribution in [0.25, 0.3) is 0 Å². The molecule has 1 N–H and O–H groups in total. The molecule has 4 rings (SSSR count). The minimum atomic E-state index is -0.350. The number of carbonyl (C=O) groups is 1. The standard InChI is InChI=1S/C22H32ClN3O2/c23-19-13-18(14-24-20(19)27)21(28)26-12-9-22(16-26)8-4-10-25(15-22)11-7-17-5-2-1-3-6-17/h13-14,17H,1-12,15-16H2,(H,24,27). The van der Waals surface area contributed by atoms with E-state index >= 15 is 0 Å². The molecule has 2 aliphatic heterocycles. The molecule has 0 bridgehead atoms. The van der Waals surface area contributed by atoms with Crippen LogP contribution in [0.2, 0.25) is 5.02 Å². The van der Waals surface area contributed by atoms with Crippen molar-refractivity contribution in [3.8, 4) is 0 Å². The van der Waals surface area contributed by atoms with Gasteiger partial charge in [0.25, 0.3) is 11.5 Å². The van der Waals surface area contributed by atoms with Crippen LogP contribution < -0.4 is 5.56 Å². The number of hydrogen-bond donors (Lipinski definition) is 1. The molecule has 0 radical (unpaired) electrons. The minimum absolute atomic E-state index is 0.0191. The summed E-state index contributed by atoms with van der Waals surface area (Å²) in [5.41, 5.74) is 0.371. The van der Waals surface area contributed by atoms with E-state index in [0.717, 1.165) is 32.0 Å². The van der Waals surface area contributed by atoms with Gasteiger partial charge in [-0.2, -0.15) is 0 Å². The van der Waals surface area contributed by atoms with Gasteiger partial charge in [-0.3, -0.25) is 9.59 Å². The highest BCUT2D eigenvalue weighted by molar-refractivity contribution is 6.30. The number of nitrogens with zero attached hydrogens (tertiary/aromatic N) is 2. The number of aromatic amines is 1. The van der Waals surface area contributed by atoms with Crippen molar-refractivity contribution in [1.82, 2.24) is 14.8 Å². The Bertz CT molecular complexity index is 758. The normalized spacial score (nSPS) is 26.8. The third-order valence-corrected chi connectivity index (χ3v) is 7.43. The summed E-state index contributed by atoms with van der Waals surface area (Å²) < 4.78 is 0.